The van der Waals surface area contributed by atoms with E-state index in [0.717, 1.165) is 28.4 Å². The van der Waals surface area contributed by atoms with Crippen LogP contribution in [0.25, 0.3) is 10.2 Å². The van der Waals surface area contributed by atoms with Crippen LogP contribution in [0.2, 0.25) is 0 Å². The van der Waals surface area contributed by atoms with Crippen LogP contribution >= 0.6 is 11.3 Å². The molecule has 0 saturated carbocycles. The van der Waals surface area contributed by atoms with E-state index in [1.165, 1.54) is 23.0 Å². The van der Waals surface area contributed by atoms with Crippen molar-refractivity contribution < 1.29 is 9.53 Å². The first-order chi connectivity index (χ1) is 10.9. The Kier molecular flexibility index (Phi) is 5.54. The van der Waals surface area contributed by atoms with Crippen LogP contribution in [0.1, 0.15) is 30.1 Å². The molecule has 6 nitrogen and oxygen atoms in total. The predicted molar refractivity (Wildman–Crippen MR) is 92.0 cm³/mol. The number of esters is 1. The number of carbonyl (C=O) groups excluding carboxylic acids is 1. The molecule has 0 aliphatic carbocycles. The molecule has 0 bridgehead atoms. The van der Waals surface area contributed by atoms with Crippen molar-refractivity contribution >= 4 is 27.5 Å². The SMILES string of the molecule is CCN(CC)Cc1nc2sc(C)c(C)c2c(=O)n1CC(=O)OC. The molecule has 126 valence electrons. The fourth-order valence-electron chi connectivity index (χ4n) is 2.49. The molecule has 0 aliphatic rings. The average Bonchev–Trinajstić information content (AvgIpc) is 2.82. The van der Waals surface area contributed by atoms with Crippen molar-refractivity contribution in [3.63, 3.8) is 0 Å². The third-order valence-corrected chi connectivity index (χ3v) is 5.24. The lowest BCUT2D eigenvalue weighted by Gasteiger charge is -2.20. The number of fused-ring (bicyclic) bond motifs is 1. The number of carbonyl (C=O) groups is 1. The van der Waals surface area contributed by atoms with Gasteiger partial charge in [0.15, 0.2) is 0 Å². The van der Waals surface area contributed by atoms with Crippen molar-refractivity contribution in [2.24, 2.45) is 0 Å². The zero-order valence-electron chi connectivity index (χ0n) is 14.3. The van der Waals surface area contributed by atoms with Crippen LogP contribution in [-0.2, 0) is 22.6 Å². The van der Waals surface area contributed by atoms with E-state index in [2.05, 4.69) is 23.7 Å². The van der Waals surface area contributed by atoms with Gasteiger partial charge in [-0.1, -0.05) is 13.8 Å². The van der Waals surface area contributed by atoms with Crippen molar-refractivity contribution in [2.75, 3.05) is 20.2 Å². The van der Waals surface area contributed by atoms with Crippen molar-refractivity contribution in [1.82, 2.24) is 14.5 Å². The van der Waals surface area contributed by atoms with Crippen LogP contribution in [0, 0.1) is 13.8 Å². The van der Waals surface area contributed by atoms with Crippen molar-refractivity contribution in [2.45, 2.75) is 40.8 Å². The van der Waals surface area contributed by atoms with Crippen molar-refractivity contribution in [3.8, 4) is 0 Å². The Morgan fingerprint density at radius 3 is 2.52 bits per heavy atom. The van der Waals surface area contributed by atoms with Gasteiger partial charge in [0, 0.05) is 4.88 Å². The Hall–Kier alpha value is -1.73. The summed E-state index contributed by atoms with van der Waals surface area (Å²) in [6.45, 7) is 10.2. The van der Waals surface area contributed by atoms with Gasteiger partial charge >= 0.3 is 5.97 Å². The van der Waals surface area contributed by atoms with Gasteiger partial charge in [-0.15, -0.1) is 11.3 Å². The van der Waals surface area contributed by atoms with Gasteiger partial charge in [0.05, 0.1) is 19.0 Å². The lowest BCUT2D eigenvalue weighted by molar-refractivity contribution is -0.141. The number of aromatic nitrogens is 2. The Balaban J connectivity index is 2.64. The summed E-state index contributed by atoms with van der Waals surface area (Å²) in [5.74, 6) is 0.163. The minimum Gasteiger partial charge on any atom is -0.468 e. The summed E-state index contributed by atoms with van der Waals surface area (Å²) in [6.07, 6.45) is 0. The molecule has 7 heteroatoms. The summed E-state index contributed by atoms with van der Waals surface area (Å²) in [5.41, 5.74) is 0.778. The molecule has 0 N–H and O–H groups in total. The summed E-state index contributed by atoms with van der Waals surface area (Å²) < 4.78 is 6.18. The number of rotatable bonds is 6. The molecular formula is C16H23N3O3S. The second-order valence-corrected chi connectivity index (χ2v) is 6.62. The number of thiophene rings is 1. The number of hydrogen-bond donors (Lipinski definition) is 0. The van der Waals surface area contributed by atoms with Crippen molar-refractivity contribution in [3.05, 3.63) is 26.6 Å². The van der Waals surface area contributed by atoms with E-state index in [1.807, 2.05) is 13.8 Å². The summed E-state index contributed by atoms with van der Waals surface area (Å²) in [7, 11) is 1.32. The molecule has 0 amide bonds. The maximum absolute atomic E-state index is 12.9. The highest BCUT2D eigenvalue weighted by molar-refractivity contribution is 7.18. The lowest BCUT2D eigenvalue weighted by atomic mass is 10.2. The summed E-state index contributed by atoms with van der Waals surface area (Å²) in [5, 5.41) is 0.611. The molecule has 2 rings (SSSR count). The van der Waals surface area contributed by atoms with Crippen LogP contribution in [-0.4, -0.2) is 40.6 Å². The first-order valence-electron chi connectivity index (χ1n) is 7.71. The van der Waals surface area contributed by atoms with Gasteiger partial charge in [-0.25, -0.2) is 4.98 Å². The van der Waals surface area contributed by atoms with Crippen LogP contribution in [0.4, 0.5) is 0 Å². The van der Waals surface area contributed by atoms with E-state index in [1.54, 1.807) is 0 Å². The standard InChI is InChI=1S/C16H23N3O3S/c1-6-18(7-2)8-12-17-15-14(10(3)11(4)23-15)16(21)19(12)9-13(20)22-5/h6-9H2,1-5H3. The van der Waals surface area contributed by atoms with Crippen LogP contribution in [0.5, 0.6) is 0 Å². The van der Waals surface area contributed by atoms with Gasteiger partial charge in [0.2, 0.25) is 0 Å². The van der Waals surface area contributed by atoms with Gasteiger partial charge in [-0.2, -0.15) is 0 Å². The monoisotopic (exact) mass is 337 g/mol. The maximum atomic E-state index is 12.9. The van der Waals surface area contributed by atoms with Crippen LogP contribution in [0.3, 0.4) is 0 Å². The Morgan fingerprint density at radius 2 is 1.96 bits per heavy atom. The summed E-state index contributed by atoms with van der Waals surface area (Å²) in [4.78, 5) is 33.3. The lowest BCUT2D eigenvalue weighted by Crippen LogP contribution is -2.33. The molecule has 23 heavy (non-hydrogen) atoms. The van der Waals surface area contributed by atoms with Gasteiger partial charge in [-0.05, 0) is 32.5 Å². The molecule has 0 atom stereocenters. The third-order valence-electron chi connectivity index (χ3n) is 4.14. The quantitative estimate of drug-likeness (QED) is 0.755. The molecule has 2 heterocycles. The van der Waals surface area contributed by atoms with Gasteiger partial charge in [0.1, 0.15) is 17.2 Å². The van der Waals surface area contributed by atoms with E-state index in [-0.39, 0.29) is 12.1 Å². The highest BCUT2D eigenvalue weighted by atomic mass is 32.1. The second-order valence-electron chi connectivity index (χ2n) is 5.42. The highest BCUT2D eigenvalue weighted by Gasteiger charge is 2.19. The predicted octanol–water partition coefficient (Wildman–Crippen LogP) is 2.09. The van der Waals surface area contributed by atoms with Crippen LogP contribution in [0.15, 0.2) is 4.79 Å². The minimum absolute atomic E-state index is 0.108. The Labute approximate surface area is 139 Å². The molecule has 0 radical (unpaired) electrons. The van der Waals surface area contributed by atoms with E-state index < -0.39 is 5.97 Å². The fourth-order valence-corrected chi connectivity index (χ4v) is 3.53. The second kappa shape index (κ2) is 7.23. The third kappa shape index (κ3) is 3.45. The smallest absolute Gasteiger partial charge is 0.325 e. The first-order valence-corrected chi connectivity index (χ1v) is 8.53. The maximum Gasteiger partial charge on any atom is 0.325 e. The van der Waals surface area contributed by atoms with E-state index in [0.29, 0.717) is 17.8 Å². The first kappa shape index (κ1) is 17.6. The number of ether oxygens (including phenoxy) is 1. The Bertz CT molecular complexity index is 775. The van der Waals surface area contributed by atoms with E-state index in [9.17, 15) is 9.59 Å². The number of nitrogens with zero attached hydrogens (tertiary/aromatic N) is 3. The van der Waals surface area contributed by atoms with E-state index >= 15 is 0 Å². The molecular weight excluding hydrogens is 314 g/mol. The van der Waals surface area contributed by atoms with Gasteiger partial charge in [-0.3, -0.25) is 19.1 Å². The molecule has 0 fully saturated rings. The Morgan fingerprint density at radius 1 is 1.30 bits per heavy atom. The minimum atomic E-state index is -0.446. The van der Waals surface area contributed by atoms with Crippen molar-refractivity contribution in [1.29, 1.82) is 0 Å². The van der Waals surface area contributed by atoms with Gasteiger partial charge in [0.25, 0.3) is 5.56 Å². The molecule has 2 aromatic heterocycles. The molecule has 0 aromatic carbocycles. The molecule has 0 unspecified atom stereocenters. The zero-order valence-corrected chi connectivity index (χ0v) is 15.1. The van der Waals surface area contributed by atoms with Crippen LogP contribution < -0.4 is 5.56 Å². The fraction of sp³-hybridized carbons (Fsp3) is 0.562. The number of aryl methyl sites for hydroxylation is 2. The molecule has 0 spiro atoms. The highest BCUT2D eigenvalue weighted by Crippen LogP contribution is 2.26. The van der Waals surface area contributed by atoms with E-state index in [4.69, 9.17) is 4.74 Å². The number of methoxy groups -OCH3 is 1. The normalized spacial score (nSPS) is 11.4. The molecule has 2 aromatic rings. The largest absolute Gasteiger partial charge is 0.468 e. The molecule has 0 saturated heterocycles. The number of hydrogen-bond acceptors (Lipinski definition) is 6. The average molecular weight is 337 g/mol. The van der Waals surface area contributed by atoms with Gasteiger partial charge < -0.3 is 4.74 Å². The zero-order chi connectivity index (χ0) is 17.1. The topological polar surface area (TPSA) is 64.4 Å². The summed E-state index contributed by atoms with van der Waals surface area (Å²) >= 11 is 1.52. The summed E-state index contributed by atoms with van der Waals surface area (Å²) in [6, 6.07) is 0. The molecule has 0 aliphatic heterocycles.